The molecule has 9 heteroatoms. The van der Waals surface area contributed by atoms with Crippen molar-refractivity contribution in [1.82, 2.24) is 30.7 Å². The molecule has 3 N–H and O–H groups in total. The predicted octanol–water partition coefficient (Wildman–Crippen LogP) is 1.85. The number of nitrogens with zero attached hydrogens (tertiary/aromatic N) is 6. The standard InChI is InChI=1S/C25H25N9/c1-14(26)25(3)11-20(25)23-18(21(30-31-23)16-6-4-8-27-12-16)10-19-22(17-7-5-9-28-13-17)33-34-24(19)29-15(2)32-34/h4-10,12-13,19,24,26,31H,11H2,1-3H3,(H,29,32). The minimum absolute atomic E-state index is 0.118. The minimum atomic E-state index is -0.229. The third-order valence-corrected chi connectivity index (χ3v) is 6.95. The number of hydrogen-bond donors (Lipinski definition) is 3. The molecule has 9 nitrogen and oxygen atoms in total. The van der Waals surface area contributed by atoms with Gasteiger partial charge in [0, 0.05) is 52.3 Å². The number of hydrogen-bond acceptors (Lipinski definition) is 8. The maximum Gasteiger partial charge on any atom is 0.172 e. The molecule has 1 aliphatic carbocycles. The molecule has 6 rings (SSSR count). The molecule has 3 aliphatic rings. The first-order valence-electron chi connectivity index (χ1n) is 11.3. The van der Waals surface area contributed by atoms with E-state index in [4.69, 9.17) is 20.6 Å². The molecule has 170 valence electrons. The number of aliphatic imine (C=N–C) groups is 1. The van der Waals surface area contributed by atoms with Crippen LogP contribution in [0.4, 0.5) is 0 Å². The van der Waals surface area contributed by atoms with Gasteiger partial charge in [-0.25, -0.2) is 4.99 Å². The highest BCUT2D eigenvalue weighted by atomic mass is 15.8. The molecule has 0 spiro atoms. The monoisotopic (exact) mass is 451 g/mol. The van der Waals surface area contributed by atoms with Crippen molar-refractivity contribution in [3.63, 3.8) is 0 Å². The van der Waals surface area contributed by atoms with Crippen LogP contribution in [-0.2, 0) is 0 Å². The van der Waals surface area contributed by atoms with Gasteiger partial charge >= 0.3 is 0 Å². The molecule has 1 saturated carbocycles. The summed E-state index contributed by atoms with van der Waals surface area (Å²) in [7, 11) is 0. The van der Waals surface area contributed by atoms with Gasteiger partial charge in [0.1, 0.15) is 11.5 Å². The first-order valence-corrected chi connectivity index (χ1v) is 11.3. The third-order valence-electron chi connectivity index (χ3n) is 6.95. The molecule has 3 aromatic heterocycles. The summed E-state index contributed by atoms with van der Waals surface area (Å²) in [5, 5.41) is 24.9. The number of amidine groups is 1. The van der Waals surface area contributed by atoms with Gasteiger partial charge in [0.05, 0.1) is 17.0 Å². The molecule has 2 aliphatic heterocycles. The summed E-state index contributed by atoms with van der Waals surface area (Å²) in [6.45, 7) is 5.93. The van der Waals surface area contributed by atoms with Crippen LogP contribution in [0.2, 0.25) is 0 Å². The molecule has 3 aromatic rings. The average molecular weight is 452 g/mol. The zero-order valence-corrected chi connectivity index (χ0v) is 19.2. The molecule has 34 heavy (non-hydrogen) atoms. The summed E-state index contributed by atoms with van der Waals surface area (Å²) in [6.07, 6.45) is 10.1. The van der Waals surface area contributed by atoms with E-state index in [1.807, 2.05) is 55.6 Å². The molecule has 3 unspecified atom stereocenters. The second-order valence-electron chi connectivity index (χ2n) is 9.22. The van der Waals surface area contributed by atoms with Crippen molar-refractivity contribution in [2.75, 3.05) is 0 Å². The first kappa shape index (κ1) is 20.5. The number of aromatic nitrogens is 4. The van der Waals surface area contributed by atoms with E-state index in [1.165, 1.54) is 5.57 Å². The lowest BCUT2D eigenvalue weighted by atomic mass is 9.94. The summed E-state index contributed by atoms with van der Waals surface area (Å²) >= 11 is 0. The second kappa shape index (κ2) is 7.44. The fourth-order valence-electron chi connectivity index (χ4n) is 4.76. The summed E-state index contributed by atoms with van der Waals surface area (Å²) < 4.78 is 0. The van der Waals surface area contributed by atoms with Crippen molar-refractivity contribution in [3.8, 4) is 11.3 Å². The number of fused-ring (bicyclic) bond motifs is 1. The van der Waals surface area contributed by atoms with Crippen LogP contribution < -0.4 is 16.0 Å². The lowest BCUT2D eigenvalue weighted by Gasteiger charge is -2.15. The van der Waals surface area contributed by atoms with Gasteiger partial charge in [-0.05, 0) is 50.1 Å². The van der Waals surface area contributed by atoms with E-state index in [-0.39, 0.29) is 17.5 Å². The van der Waals surface area contributed by atoms with Crippen molar-refractivity contribution in [3.05, 3.63) is 65.2 Å². The van der Waals surface area contributed by atoms with Crippen molar-refractivity contribution in [2.45, 2.75) is 33.4 Å². The number of hydrazone groups is 1. The van der Waals surface area contributed by atoms with E-state index in [0.29, 0.717) is 5.71 Å². The van der Waals surface area contributed by atoms with Crippen LogP contribution >= 0.6 is 0 Å². The fraction of sp³-hybridized carbons (Fsp3) is 0.280. The molecule has 1 fully saturated rings. The van der Waals surface area contributed by atoms with Gasteiger partial charge in [-0.15, -0.1) is 0 Å². The van der Waals surface area contributed by atoms with Crippen LogP contribution in [0.25, 0.3) is 22.9 Å². The Kier molecular flexibility index (Phi) is 4.48. The maximum atomic E-state index is 8.28. The number of pyridine rings is 2. The smallest absolute Gasteiger partial charge is 0.172 e. The molecular weight excluding hydrogens is 426 g/mol. The van der Waals surface area contributed by atoms with Crippen LogP contribution in [0.15, 0.2) is 59.1 Å². The highest BCUT2D eigenvalue weighted by Crippen LogP contribution is 2.52. The van der Waals surface area contributed by atoms with Gasteiger partial charge in [-0.3, -0.25) is 20.5 Å². The van der Waals surface area contributed by atoms with E-state index < -0.39 is 0 Å². The van der Waals surface area contributed by atoms with E-state index in [1.54, 1.807) is 12.4 Å². The molecule has 0 saturated heterocycles. The van der Waals surface area contributed by atoms with Crippen molar-refractivity contribution in [1.29, 1.82) is 5.41 Å². The highest BCUT2D eigenvalue weighted by Gasteiger charge is 2.47. The highest BCUT2D eigenvalue weighted by molar-refractivity contribution is 6.07. The fourth-order valence-corrected chi connectivity index (χ4v) is 4.76. The molecule has 5 heterocycles. The molecule has 0 radical (unpaired) electrons. The van der Waals surface area contributed by atoms with Crippen LogP contribution in [0.1, 0.15) is 32.8 Å². The Balaban J connectivity index is 1.59. The van der Waals surface area contributed by atoms with E-state index in [9.17, 15) is 0 Å². The summed E-state index contributed by atoms with van der Waals surface area (Å²) in [6, 6.07) is 7.87. The summed E-state index contributed by atoms with van der Waals surface area (Å²) in [5.74, 6) is 0.716. The van der Waals surface area contributed by atoms with E-state index in [2.05, 4.69) is 33.5 Å². The normalized spacial score (nSPS) is 27.3. The Bertz CT molecular complexity index is 1470. The number of hydrazine groups is 1. The van der Waals surface area contributed by atoms with Crippen LogP contribution in [0.3, 0.4) is 0 Å². The van der Waals surface area contributed by atoms with Crippen LogP contribution in [0.5, 0.6) is 0 Å². The SMILES string of the molecule is CC(=N)C1(C)CC1=c1[nH]nc(-c2cccnc2)c1=CC1C(c2cccnc2)=NN2NC(C)=NC12. The van der Waals surface area contributed by atoms with Crippen LogP contribution in [-0.4, -0.2) is 48.7 Å². The zero-order chi connectivity index (χ0) is 23.4. The van der Waals surface area contributed by atoms with E-state index in [0.717, 1.165) is 45.4 Å². The summed E-state index contributed by atoms with van der Waals surface area (Å²) in [4.78, 5) is 13.4. The van der Waals surface area contributed by atoms with Crippen LogP contribution in [0, 0.1) is 16.7 Å². The molecular formula is C25H25N9. The lowest BCUT2D eigenvalue weighted by molar-refractivity contribution is 0.212. The zero-order valence-electron chi connectivity index (χ0n) is 19.2. The summed E-state index contributed by atoms with van der Waals surface area (Å²) in [5.41, 5.74) is 8.50. The second-order valence-corrected chi connectivity index (χ2v) is 9.22. The predicted molar refractivity (Wildman–Crippen MR) is 131 cm³/mol. The van der Waals surface area contributed by atoms with Gasteiger partial charge in [0.15, 0.2) is 6.17 Å². The number of nitrogens with one attached hydrogen (secondary N) is 3. The van der Waals surface area contributed by atoms with Crippen molar-refractivity contribution in [2.24, 2.45) is 21.4 Å². The topological polar surface area (TPSA) is 118 Å². The Morgan fingerprint density at radius 2 is 1.91 bits per heavy atom. The number of H-pyrrole nitrogens is 1. The third kappa shape index (κ3) is 3.15. The van der Waals surface area contributed by atoms with E-state index >= 15 is 0 Å². The van der Waals surface area contributed by atoms with Crippen molar-refractivity contribution < 1.29 is 0 Å². The average Bonchev–Trinajstić information content (AvgIpc) is 3.12. The molecule has 3 atom stereocenters. The molecule has 0 amide bonds. The Morgan fingerprint density at radius 1 is 1.18 bits per heavy atom. The van der Waals surface area contributed by atoms with Gasteiger partial charge in [0.2, 0.25) is 0 Å². The van der Waals surface area contributed by atoms with Gasteiger partial charge in [-0.2, -0.15) is 15.3 Å². The van der Waals surface area contributed by atoms with Gasteiger partial charge < -0.3 is 5.41 Å². The maximum absolute atomic E-state index is 8.28. The Hall–Kier alpha value is -4.14. The first-order chi connectivity index (χ1) is 16.5. The van der Waals surface area contributed by atoms with Gasteiger partial charge in [0.25, 0.3) is 0 Å². The van der Waals surface area contributed by atoms with Gasteiger partial charge in [-0.1, -0.05) is 13.0 Å². The Labute approximate surface area is 196 Å². The lowest BCUT2D eigenvalue weighted by Crippen LogP contribution is -2.36. The molecule has 0 aromatic carbocycles. The number of aromatic amines is 1. The van der Waals surface area contributed by atoms with Crippen molar-refractivity contribution >= 4 is 28.9 Å². The minimum Gasteiger partial charge on any atom is -0.309 e. The quantitative estimate of drug-likeness (QED) is 0.523. The number of rotatable bonds is 4. The Morgan fingerprint density at radius 3 is 2.56 bits per heavy atom. The largest absolute Gasteiger partial charge is 0.309 e. The molecule has 0 bridgehead atoms.